The molecule has 1 amide bonds. The summed E-state index contributed by atoms with van der Waals surface area (Å²) in [5.74, 6) is -0.350. The molecule has 4 nitrogen and oxygen atoms in total. The Kier molecular flexibility index (Phi) is 4.79. The molecule has 0 radical (unpaired) electrons. The molecule has 1 aliphatic carbocycles. The Morgan fingerprint density at radius 2 is 2.00 bits per heavy atom. The molecule has 0 saturated heterocycles. The summed E-state index contributed by atoms with van der Waals surface area (Å²) in [5, 5.41) is 2.78. The Hall–Kier alpha value is -1.11. The molecule has 0 bridgehead atoms. The highest BCUT2D eigenvalue weighted by atomic mass is 127. The summed E-state index contributed by atoms with van der Waals surface area (Å²) in [6.45, 7) is 0. The van der Waals surface area contributed by atoms with Gasteiger partial charge in [0.25, 0.3) is 0 Å². The van der Waals surface area contributed by atoms with E-state index in [1.807, 2.05) is 24.3 Å². The molecule has 1 aromatic rings. The molecule has 1 atom stereocenters. The van der Waals surface area contributed by atoms with Crippen molar-refractivity contribution >= 4 is 34.5 Å². The molecule has 0 aliphatic heterocycles. The first kappa shape index (κ1) is 14.3. The van der Waals surface area contributed by atoms with Crippen molar-refractivity contribution in [2.75, 3.05) is 7.11 Å². The molecule has 2 rings (SSSR count). The summed E-state index contributed by atoms with van der Waals surface area (Å²) in [7, 11) is 1.34. The number of ether oxygens (including phenoxy) is 1. The van der Waals surface area contributed by atoms with E-state index in [-0.39, 0.29) is 11.8 Å². The summed E-state index contributed by atoms with van der Waals surface area (Å²) in [4.78, 5) is 23.5. The maximum atomic E-state index is 11.8. The molecule has 0 heterocycles. The maximum Gasteiger partial charge on any atom is 0.328 e. The Morgan fingerprint density at radius 1 is 1.37 bits per heavy atom. The number of hydrogen-bond acceptors (Lipinski definition) is 3. The number of rotatable bonds is 5. The van der Waals surface area contributed by atoms with Crippen LogP contribution in [0.2, 0.25) is 0 Å². The largest absolute Gasteiger partial charge is 0.467 e. The molecule has 0 aromatic heterocycles. The van der Waals surface area contributed by atoms with Crippen LogP contribution < -0.4 is 5.32 Å². The van der Waals surface area contributed by atoms with E-state index in [0.29, 0.717) is 6.42 Å². The van der Waals surface area contributed by atoms with Crippen LogP contribution in [-0.2, 0) is 20.7 Å². The van der Waals surface area contributed by atoms with Gasteiger partial charge in [0.2, 0.25) is 5.91 Å². The first-order chi connectivity index (χ1) is 9.10. The third kappa shape index (κ3) is 4.19. The minimum atomic E-state index is -0.599. The van der Waals surface area contributed by atoms with Crippen LogP contribution in [0, 0.1) is 9.49 Å². The zero-order valence-electron chi connectivity index (χ0n) is 10.7. The maximum absolute atomic E-state index is 11.8. The van der Waals surface area contributed by atoms with Gasteiger partial charge in [-0.15, -0.1) is 0 Å². The van der Waals surface area contributed by atoms with E-state index in [9.17, 15) is 9.59 Å². The summed E-state index contributed by atoms with van der Waals surface area (Å²) in [6.07, 6.45) is 2.30. The van der Waals surface area contributed by atoms with Crippen LogP contribution in [0.4, 0.5) is 0 Å². The molecule has 0 spiro atoms. The number of halogens is 1. The van der Waals surface area contributed by atoms with Gasteiger partial charge in [-0.25, -0.2) is 4.79 Å². The number of benzene rings is 1. The minimum Gasteiger partial charge on any atom is -0.467 e. The highest BCUT2D eigenvalue weighted by molar-refractivity contribution is 14.1. The van der Waals surface area contributed by atoms with Crippen LogP contribution in [-0.4, -0.2) is 25.0 Å². The summed E-state index contributed by atoms with van der Waals surface area (Å²) < 4.78 is 5.89. The Bertz CT molecular complexity index is 468. The average molecular weight is 373 g/mol. The third-order valence-electron chi connectivity index (χ3n) is 3.10. The number of nitrogens with one attached hydrogen (secondary N) is 1. The van der Waals surface area contributed by atoms with Crippen LogP contribution >= 0.6 is 22.6 Å². The smallest absolute Gasteiger partial charge is 0.328 e. The van der Waals surface area contributed by atoms with Crippen LogP contribution in [0.1, 0.15) is 18.4 Å². The highest BCUT2D eigenvalue weighted by Gasteiger charge is 2.32. The number of carbonyl (C=O) groups is 2. The van der Waals surface area contributed by atoms with E-state index in [2.05, 4.69) is 27.9 Å². The van der Waals surface area contributed by atoms with Gasteiger partial charge in [0.05, 0.1) is 7.11 Å². The fourth-order valence-electron chi connectivity index (χ4n) is 1.83. The van der Waals surface area contributed by atoms with Gasteiger partial charge < -0.3 is 10.1 Å². The molecule has 19 heavy (non-hydrogen) atoms. The first-order valence-electron chi connectivity index (χ1n) is 6.23. The standard InChI is InChI=1S/C14H16INO3/c1-19-14(18)12(16-13(17)10-4-5-10)8-9-2-6-11(15)7-3-9/h2-3,6-7,10,12H,4-5,8H2,1H3,(H,16,17)/t12-/m1/s1. The van der Waals surface area contributed by atoms with E-state index < -0.39 is 12.0 Å². The molecular formula is C14H16INO3. The van der Waals surface area contributed by atoms with Gasteiger partial charge in [-0.1, -0.05) is 12.1 Å². The summed E-state index contributed by atoms with van der Waals surface area (Å²) in [5.41, 5.74) is 1.01. The minimum absolute atomic E-state index is 0.0408. The van der Waals surface area contributed by atoms with Gasteiger partial charge in [-0.3, -0.25) is 4.79 Å². The Balaban J connectivity index is 2.02. The van der Waals surface area contributed by atoms with Crippen molar-refractivity contribution < 1.29 is 14.3 Å². The number of esters is 1. The summed E-state index contributed by atoms with van der Waals surface area (Å²) in [6, 6.07) is 7.28. The van der Waals surface area contributed by atoms with Crippen LogP contribution in [0.3, 0.4) is 0 Å². The van der Waals surface area contributed by atoms with Gasteiger partial charge in [0.15, 0.2) is 0 Å². The molecule has 5 heteroatoms. The van der Waals surface area contributed by atoms with E-state index in [0.717, 1.165) is 22.0 Å². The van der Waals surface area contributed by atoms with Gasteiger partial charge in [0, 0.05) is 15.9 Å². The lowest BCUT2D eigenvalue weighted by atomic mass is 10.1. The predicted molar refractivity (Wildman–Crippen MR) is 79.5 cm³/mol. The van der Waals surface area contributed by atoms with E-state index in [4.69, 9.17) is 4.74 Å². The Morgan fingerprint density at radius 3 is 2.53 bits per heavy atom. The molecule has 0 unspecified atom stereocenters. The quantitative estimate of drug-likeness (QED) is 0.634. The number of amides is 1. The van der Waals surface area contributed by atoms with Crippen molar-refractivity contribution in [3.8, 4) is 0 Å². The normalized spacial score (nSPS) is 15.7. The molecule has 102 valence electrons. The van der Waals surface area contributed by atoms with Crippen LogP contribution in [0.25, 0.3) is 0 Å². The van der Waals surface area contributed by atoms with Crippen molar-refractivity contribution in [1.82, 2.24) is 5.32 Å². The Labute approximate surface area is 126 Å². The van der Waals surface area contributed by atoms with Crippen LogP contribution in [0.5, 0.6) is 0 Å². The van der Waals surface area contributed by atoms with E-state index in [1.165, 1.54) is 7.11 Å². The average Bonchev–Trinajstić information content (AvgIpc) is 3.24. The molecule has 1 N–H and O–H groups in total. The van der Waals surface area contributed by atoms with Gasteiger partial charge >= 0.3 is 5.97 Å². The monoisotopic (exact) mass is 373 g/mol. The fourth-order valence-corrected chi connectivity index (χ4v) is 2.19. The second kappa shape index (κ2) is 6.36. The van der Waals surface area contributed by atoms with Gasteiger partial charge in [0.1, 0.15) is 6.04 Å². The van der Waals surface area contributed by atoms with Gasteiger partial charge in [-0.2, -0.15) is 0 Å². The SMILES string of the molecule is COC(=O)[C@@H](Cc1ccc(I)cc1)NC(=O)C1CC1. The highest BCUT2D eigenvalue weighted by Crippen LogP contribution is 2.29. The lowest BCUT2D eigenvalue weighted by molar-refractivity contribution is -0.145. The number of hydrogen-bond donors (Lipinski definition) is 1. The van der Waals surface area contributed by atoms with Crippen molar-refractivity contribution in [3.05, 3.63) is 33.4 Å². The van der Waals surface area contributed by atoms with Crippen molar-refractivity contribution in [2.45, 2.75) is 25.3 Å². The second-order valence-electron chi connectivity index (χ2n) is 4.69. The zero-order valence-corrected chi connectivity index (χ0v) is 12.8. The molecule has 1 saturated carbocycles. The predicted octanol–water partition coefficient (Wildman–Crippen LogP) is 1.90. The molecule has 1 fully saturated rings. The van der Waals surface area contributed by atoms with E-state index in [1.54, 1.807) is 0 Å². The number of methoxy groups -OCH3 is 1. The second-order valence-corrected chi connectivity index (χ2v) is 5.93. The first-order valence-corrected chi connectivity index (χ1v) is 7.30. The number of carbonyl (C=O) groups excluding carboxylic acids is 2. The van der Waals surface area contributed by atoms with Crippen molar-refractivity contribution in [3.63, 3.8) is 0 Å². The van der Waals surface area contributed by atoms with Crippen LogP contribution in [0.15, 0.2) is 24.3 Å². The fraction of sp³-hybridized carbons (Fsp3) is 0.429. The third-order valence-corrected chi connectivity index (χ3v) is 3.82. The zero-order chi connectivity index (χ0) is 13.8. The van der Waals surface area contributed by atoms with Gasteiger partial charge in [-0.05, 0) is 53.1 Å². The molecule has 1 aromatic carbocycles. The lowest BCUT2D eigenvalue weighted by Crippen LogP contribution is -2.43. The summed E-state index contributed by atoms with van der Waals surface area (Å²) >= 11 is 2.23. The topological polar surface area (TPSA) is 55.4 Å². The van der Waals surface area contributed by atoms with Crippen molar-refractivity contribution in [1.29, 1.82) is 0 Å². The van der Waals surface area contributed by atoms with Crippen molar-refractivity contribution in [2.24, 2.45) is 5.92 Å². The molecule has 1 aliphatic rings. The van der Waals surface area contributed by atoms with E-state index >= 15 is 0 Å². The molecular weight excluding hydrogens is 357 g/mol. The lowest BCUT2D eigenvalue weighted by Gasteiger charge is -2.16.